The lowest BCUT2D eigenvalue weighted by molar-refractivity contribution is 0.259. The Balaban J connectivity index is 2.03. The highest BCUT2D eigenvalue weighted by Gasteiger charge is 2.17. The fourth-order valence-electron chi connectivity index (χ4n) is 1.92. The number of carbonyl (C=O) groups excluding carboxylic acids is 1. The van der Waals surface area contributed by atoms with E-state index in [1.54, 1.807) is 37.5 Å². The predicted octanol–water partition coefficient (Wildman–Crippen LogP) is 1.96. The number of thiazole rings is 1. The number of azo groups is 1. The molecule has 12 nitrogen and oxygen atoms in total. The standard InChI is InChI=1S/C14H13N11OS/c1-24(2)14-21-9(20-12(16)26)11(27-14)23-22-10-8(6-15)7-19-25(10)13-17-4-3-5-18-13/h3-5,7H,1-2H3,(H3,16,20,26). The van der Waals surface area contributed by atoms with Gasteiger partial charge in [-0.1, -0.05) is 11.3 Å². The molecule has 0 bridgehead atoms. The lowest BCUT2D eigenvalue weighted by Crippen LogP contribution is -2.19. The largest absolute Gasteiger partial charge is 0.354 e. The molecule has 0 aliphatic carbocycles. The Morgan fingerprint density at radius 3 is 2.74 bits per heavy atom. The van der Waals surface area contributed by atoms with E-state index in [4.69, 9.17) is 5.73 Å². The maximum absolute atomic E-state index is 11.2. The number of hydrogen-bond donors (Lipinski definition) is 2. The van der Waals surface area contributed by atoms with Gasteiger partial charge in [-0.25, -0.2) is 14.8 Å². The van der Waals surface area contributed by atoms with Crippen LogP contribution in [-0.4, -0.2) is 44.9 Å². The van der Waals surface area contributed by atoms with Gasteiger partial charge in [-0.3, -0.25) is 5.32 Å². The van der Waals surface area contributed by atoms with E-state index in [9.17, 15) is 10.1 Å². The van der Waals surface area contributed by atoms with Crippen molar-refractivity contribution in [2.45, 2.75) is 0 Å². The Morgan fingerprint density at radius 2 is 2.11 bits per heavy atom. The van der Waals surface area contributed by atoms with E-state index < -0.39 is 6.03 Å². The minimum absolute atomic E-state index is 0.147. The predicted molar refractivity (Wildman–Crippen MR) is 97.7 cm³/mol. The molecule has 0 aliphatic heterocycles. The summed E-state index contributed by atoms with van der Waals surface area (Å²) < 4.78 is 1.29. The Morgan fingerprint density at radius 1 is 1.37 bits per heavy atom. The van der Waals surface area contributed by atoms with Gasteiger partial charge < -0.3 is 10.6 Å². The molecule has 0 saturated carbocycles. The second kappa shape index (κ2) is 7.54. The van der Waals surface area contributed by atoms with Crippen LogP contribution in [0.2, 0.25) is 0 Å². The SMILES string of the molecule is CN(C)c1nc(NC(N)=O)c(N=Nc2c(C#N)cnn2-c2ncccn2)s1. The number of anilines is 2. The molecule has 0 fully saturated rings. The van der Waals surface area contributed by atoms with E-state index in [0.29, 0.717) is 10.1 Å². The summed E-state index contributed by atoms with van der Waals surface area (Å²) in [7, 11) is 3.59. The summed E-state index contributed by atoms with van der Waals surface area (Å²) in [6.07, 6.45) is 4.42. The van der Waals surface area contributed by atoms with E-state index >= 15 is 0 Å². The number of hydrogen-bond acceptors (Lipinski definition) is 10. The molecule has 27 heavy (non-hydrogen) atoms. The van der Waals surface area contributed by atoms with Crippen LogP contribution >= 0.6 is 11.3 Å². The van der Waals surface area contributed by atoms with Crippen LogP contribution in [0.5, 0.6) is 0 Å². The smallest absolute Gasteiger partial charge is 0.317 e. The average molecular weight is 383 g/mol. The fraction of sp³-hybridized carbons (Fsp3) is 0.143. The molecule has 3 N–H and O–H groups in total. The molecule has 136 valence electrons. The minimum Gasteiger partial charge on any atom is -0.354 e. The zero-order chi connectivity index (χ0) is 19.4. The molecule has 0 atom stereocenters. The molecule has 2 amide bonds. The van der Waals surface area contributed by atoms with Crippen LogP contribution in [-0.2, 0) is 0 Å². The highest BCUT2D eigenvalue weighted by atomic mass is 32.1. The van der Waals surface area contributed by atoms with Gasteiger partial charge in [0, 0.05) is 26.5 Å². The van der Waals surface area contributed by atoms with Gasteiger partial charge in [0.25, 0.3) is 5.95 Å². The summed E-state index contributed by atoms with van der Waals surface area (Å²) in [6.45, 7) is 0. The number of primary amides is 1. The van der Waals surface area contributed by atoms with Crippen LogP contribution < -0.4 is 16.0 Å². The van der Waals surface area contributed by atoms with Gasteiger partial charge in [0.2, 0.25) is 0 Å². The van der Waals surface area contributed by atoms with E-state index in [-0.39, 0.29) is 23.1 Å². The summed E-state index contributed by atoms with van der Waals surface area (Å²) in [5.41, 5.74) is 5.36. The first-order valence-corrected chi connectivity index (χ1v) is 8.23. The monoisotopic (exact) mass is 383 g/mol. The van der Waals surface area contributed by atoms with E-state index in [1.807, 2.05) is 6.07 Å². The first kappa shape index (κ1) is 17.9. The zero-order valence-electron chi connectivity index (χ0n) is 14.2. The van der Waals surface area contributed by atoms with Crippen LogP contribution in [0, 0.1) is 11.3 Å². The summed E-state index contributed by atoms with van der Waals surface area (Å²) in [5, 5.41) is 24.9. The molecule has 3 aromatic rings. The molecule has 0 radical (unpaired) electrons. The normalized spacial score (nSPS) is 10.7. The topological polar surface area (TPSA) is 163 Å². The van der Waals surface area contributed by atoms with Crippen molar-refractivity contribution in [3.8, 4) is 12.0 Å². The second-order valence-electron chi connectivity index (χ2n) is 5.19. The van der Waals surface area contributed by atoms with E-state index in [1.165, 1.54) is 22.2 Å². The second-order valence-corrected chi connectivity index (χ2v) is 6.14. The zero-order valence-corrected chi connectivity index (χ0v) is 15.0. The Bertz CT molecular complexity index is 1030. The fourth-order valence-corrected chi connectivity index (χ4v) is 2.68. The van der Waals surface area contributed by atoms with Crippen molar-refractivity contribution in [3.63, 3.8) is 0 Å². The van der Waals surface area contributed by atoms with Crippen LogP contribution in [0.3, 0.4) is 0 Å². The molecular formula is C14H13N11OS. The number of nitriles is 1. The van der Waals surface area contributed by atoms with Crippen molar-refractivity contribution in [1.29, 1.82) is 5.26 Å². The lowest BCUT2D eigenvalue weighted by atomic mass is 10.4. The number of nitrogens with one attached hydrogen (secondary N) is 1. The molecule has 0 aromatic carbocycles. The molecule has 0 spiro atoms. The van der Waals surface area contributed by atoms with Crippen LogP contribution in [0.4, 0.5) is 26.6 Å². The highest BCUT2D eigenvalue weighted by Crippen LogP contribution is 2.37. The third-order valence-electron chi connectivity index (χ3n) is 3.06. The molecular weight excluding hydrogens is 370 g/mol. The van der Waals surface area contributed by atoms with Gasteiger partial charge in [-0.05, 0) is 6.07 Å². The maximum Gasteiger partial charge on any atom is 0.317 e. The molecule has 0 unspecified atom stereocenters. The van der Waals surface area contributed by atoms with Crippen molar-refractivity contribution in [2.24, 2.45) is 16.0 Å². The summed E-state index contributed by atoms with van der Waals surface area (Å²) in [4.78, 5) is 25.3. The van der Waals surface area contributed by atoms with Crippen LogP contribution in [0.15, 0.2) is 34.9 Å². The number of nitrogens with zero attached hydrogens (tertiary/aromatic N) is 9. The molecule has 0 saturated heterocycles. The molecule has 3 rings (SSSR count). The van der Waals surface area contributed by atoms with Gasteiger partial charge in [-0.15, -0.1) is 10.2 Å². The summed E-state index contributed by atoms with van der Waals surface area (Å²) >= 11 is 1.19. The van der Waals surface area contributed by atoms with E-state index in [0.717, 1.165) is 0 Å². The third kappa shape index (κ3) is 3.85. The maximum atomic E-state index is 11.2. The number of amides is 2. The first-order valence-electron chi connectivity index (χ1n) is 7.41. The molecule has 13 heteroatoms. The van der Waals surface area contributed by atoms with E-state index in [2.05, 4.69) is 35.6 Å². The van der Waals surface area contributed by atoms with Gasteiger partial charge in [0.1, 0.15) is 11.6 Å². The van der Waals surface area contributed by atoms with Crippen LogP contribution in [0.1, 0.15) is 5.56 Å². The molecule has 3 aromatic heterocycles. The third-order valence-corrected chi connectivity index (χ3v) is 4.17. The van der Waals surface area contributed by atoms with Gasteiger partial charge in [-0.2, -0.15) is 20.0 Å². The molecule has 3 heterocycles. The number of nitrogens with two attached hydrogens (primary N) is 1. The quantitative estimate of drug-likeness (QED) is 0.636. The minimum atomic E-state index is -0.775. The Kier molecular flexibility index (Phi) is 4.99. The Hall–Kier alpha value is -3.92. The summed E-state index contributed by atoms with van der Waals surface area (Å²) in [5.74, 6) is 0.552. The molecule has 0 aliphatic rings. The van der Waals surface area contributed by atoms with Crippen molar-refractivity contribution in [2.75, 3.05) is 24.3 Å². The van der Waals surface area contributed by atoms with Crippen molar-refractivity contribution < 1.29 is 4.79 Å². The first-order chi connectivity index (χ1) is 13.0. The van der Waals surface area contributed by atoms with Crippen molar-refractivity contribution in [3.05, 3.63) is 30.2 Å². The number of carbonyl (C=O) groups is 1. The average Bonchev–Trinajstić information content (AvgIpc) is 3.24. The van der Waals surface area contributed by atoms with Crippen molar-refractivity contribution >= 4 is 39.1 Å². The van der Waals surface area contributed by atoms with Gasteiger partial charge in [0.05, 0.1) is 6.20 Å². The highest BCUT2D eigenvalue weighted by molar-refractivity contribution is 7.19. The van der Waals surface area contributed by atoms with Gasteiger partial charge >= 0.3 is 6.03 Å². The number of aromatic nitrogens is 5. The summed E-state index contributed by atoms with van der Waals surface area (Å²) in [6, 6.07) is 2.87. The number of urea groups is 1. The van der Waals surface area contributed by atoms with Crippen molar-refractivity contribution in [1.82, 2.24) is 24.7 Å². The lowest BCUT2D eigenvalue weighted by Gasteiger charge is -2.04. The van der Waals surface area contributed by atoms with Crippen LogP contribution in [0.25, 0.3) is 5.95 Å². The Labute approximate surface area is 157 Å². The number of rotatable bonds is 5. The van der Waals surface area contributed by atoms with Gasteiger partial charge in [0.15, 0.2) is 21.8 Å².